The Hall–Kier alpha value is -1.03. The van der Waals surface area contributed by atoms with E-state index in [1.165, 1.54) is 0 Å². The number of benzene rings is 1. The van der Waals surface area contributed by atoms with E-state index >= 15 is 0 Å². The van der Waals surface area contributed by atoms with Gasteiger partial charge in [0, 0.05) is 17.2 Å². The molecule has 0 aliphatic carbocycles. The minimum absolute atomic E-state index is 0.473. The Bertz CT molecular complexity index is 354. The number of aliphatic carboxylic acids is 1. The van der Waals surface area contributed by atoms with Crippen LogP contribution in [0.25, 0.3) is 0 Å². The summed E-state index contributed by atoms with van der Waals surface area (Å²) < 4.78 is 0.951. The predicted molar refractivity (Wildman–Crippen MR) is 64.3 cm³/mol. The van der Waals surface area contributed by atoms with Gasteiger partial charge in [0.05, 0.1) is 0 Å². The first-order valence-corrected chi connectivity index (χ1v) is 5.56. The number of carbonyl (C=O) groups is 1. The average molecular weight is 272 g/mol. The molecular weight excluding hydrogens is 258 g/mol. The van der Waals surface area contributed by atoms with Gasteiger partial charge >= 0.3 is 5.97 Å². The van der Waals surface area contributed by atoms with E-state index < -0.39 is 12.0 Å². The van der Waals surface area contributed by atoms with E-state index in [1.807, 2.05) is 31.2 Å². The predicted octanol–water partition coefficient (Wildman–Crippen LogP) is 2.75. The molecule has 0 amide bonds. The number of likely N-dealkylation sites (N-methyl/N-ethyl adjacent to an activating group) is 1. The molecule has 0 fully saturated rings. The first-order chi connectivity index (χ1) is 7.06. The molecule has 4 heteroatoms. The van der Waals surface area contributed by atoms with E-state index in [4.69, 9.17) is 5.11 Å². The summed E-state index contributed by atoms with van der Waals surface area (Å²) in [7, 11) is 1.80. The molecule has 1 rings (SSSR count). The van der Waals surface area contributed by atoms with E-state index in [1.54, 1.807) is 11.9 Å². The molecule has 1 aromatic rings. The quantitative estimate of drug-likeness (QED) is 0.916. The number of anilines is 1. The third-order valence-corrected chi connectivity index (χ3v) is 2.85. The van der Waals surface area contributed by atoms with E-state index in [9.17, 15) is 4.79 Å². The van der Waals surface area contributed by atoms with Crippen LogP contribution in [0.15, 0.2) is 28.7 Å². The second kappa shape index (κ2) is 5.16. The molecule has 0 saturated carbocycles. The van der Waals surface area contributed by atoms with Gasteiger partial charge in [-0.25, -0.2) is 4.79 Å². The van der Waals surface area contributed by atoms with Crippen LogP contribution in [-0.4, -0.2) is 24.2 Å². The molecule has 3 nitrogen and oxygen atoms in total. The number of carboxylic acids is 1. The molecular formula is C11H14BrNO2. The van der Waals surface area contributed by atoms with E-state index in [-0.39, 0.29) is 0 Å². The first-order valence-electron chi connectivity index (χ1n) is 4.77. The zero-order chi connectivity index (χ0) is 11.4. The van der Waals surface area contributed by atoms with Crippen LogP contribution in [-0.2, 0) is 4.79 Å². The highest BCUT2D eigenvalue weighted by Crippen LogP contribution is 2.21. The maximum absolute atomic E-state index is 11.0. The third kappa shape index (κ3) is 2.96. The maximum Gasteiger partial charge on any atom is 0.326 e. The number of halogens is 1. The second-order valence-corrected chi connectivity index (χ2v) is 4.27. The zero-order valence-electron chi connectivity index (χ0n) is 8.77. The van der Waals surface area contributed by atoms with Crippen LogP contribution in [0.3, 0.4) is 0 Å². The fraction of sp³-hybridized carbons (Fsp3) is 0.364. The Morgan fingerprint density at radius 3 is 2.73 bits per heavy atom. The Balaban J connectivity index is 2.92. The normalized spacial score (nSPS) is 12.2. The minimum Gasteiger partial charge on any atom is -0.480 e. The van der Waals surface area contributed by atoms with Crippen LogP contribution < -0.4 is 4.90 Å². The lowest BCUT2D eigenvalue weighted by Crippen LogP contribution is -2.37. The summed E-state index contributed by atoms with van der Waals surface area (Å²) in [5.41, 5.74) is 0.902. The number of rotatable bonds is 4. The molecule has 1 unspecified atom stereocenters. The fourth-order valence-corrected chi connectivity index (χ4v) is 1.88. The summed E-state index contributed by atoms with van der Waals surface area (Å²) in [6.07, 6.45) is 0.582. The summed E-state index contributed by atoms with van der Waals surface area (Å²) in [6, 6.07) is 7.14. The first kappa shape index (κ1) is 12.0. The summed E-state index contributed by atoms with van der Waals surface area (Å²) in [5, 5.41) is 9.02. The summed E-state index contributed by atoms with van der Waals surface area (Å²) >= 11 is 3.36. The molecule has 0 aliphatic heterocycles. The Morgan fingerprint density at radius 1 is 1.60 bits per heavy atom. The number of carboxylic acid groups (broad SMARTS) is 1. The summed E-state index contributed by atoms with van der Waals surface area (Å²) in [5.74, 6) is -0.792. The SMILES string of the molecule is CCC(C(=O)O)N(C)c1cccc(Br)c1. The molecule has 1 aromatic carbocycles. The van der Waals surface area contributed by atoms with Crippen molar-refractivity contribution in [3.63, 3.8) is 0 Å². The number of hydrogen-bond donors (Lipinski definition) is 1. The zero-order valence-corrected chi connectivity index (χ0v) is 10.4. The lowest BCUT2D eigenvalue weighted by atomic mass is 10.2. The van der Waals surface area contributed by atoms with Crippen molar-refractivity contribution in [2.75, 3.05) is 11.9 Å². The van der Waals surface area contributed by atoms with Gasteiger partial charge in [-0.2, -0.15) is 0 Å². The van der Waals surface area contributed by atoms with Crippen molar-refractivity contribution in [3.05, 3.63) is 28.7 Å². The highest BCUT2D eigenvalue weighted by atomic mass is 79.9. The van der Waals surface area contributed by atoms with Gasteiger partial charge in [-0.15, -0.1) is 0 Å². The lowest BCUT2D eigenvalue weighted by Gasteiger charge is -2.25. The molecule has 0 spiro atoms. The molecule has 15 heavy (non-hydrogen) atoms. The molecule has 0 aliphatic rings. The number of hydrogen-bond acceptors (Lipinski definition) is 2. The molecule has 0 heterocycles. The maximum atomic E-state index is 11.0. The van der Waals surface area contributed by atoms with Crippen LogP contribution in [0, 0.1) is 0 Å². The molecule has 0 radical (unpaired) electrons. The molecule has 0 bridgehead atoms. The Morgan fingerprint density at radius 2 is 2.27 bits per heavy atom. The monoisotopic (exact) mass is 271 g/mol. The molecule has 1 N–H and O–H groups in total. The molecule has 82 valence electrons. The van der Waals surface area contributed by atoms with Crippen LogP contribution >= 0.6 is 15.9 Å². The highest BCUT2D eigenvalue weighted by molar-refractivity contribution is 9.10. The van der Waals surface area contributed by atoms with Crippen molar-refractivity contribution in [2.45, 2.75) is 19.4 Å². The molecule has 1 atom stereocenters. The van der Waals surface area contributed by atoms with Crippen LogP contribution in [0.4, 0.5) is 5.69 Å². The molecule has 0 saturated heterocycles. The van der Waals surface area contributed by atoms with Crippen molar-refractivity contribution >= 4 is 27.6 Å². The van der Waals surface area contributed by atoms with Gasteiger partial charge in [-0.3, -0.25) is 0 Å². The van der Waals surface area contributed by atoms with Crippen LogP contribution in [0.2, 0.25) is 0 Å². The molecule has 0 aromatic heterocycles. The van der Waals surface area contributed by atoms with Crippen molar-refractivity contribution in [1.82, 2.24) is 0 Å². The van der Waals surface area contributed by atoms with Crippen molar-refractivity contribution < 1.29 is 9.90 Å². The van der Waals surface area contributed by atoms with Crippen LogP contribution in [0.1, 0.15) is 13.3 Å². The van der Waals surface area contributed by atoms with Gasteiger partial charge in [0.1, 0.15) is 6.04 Å². The van der Waals surface area contributed by atoms with E-state index in [2.05, 4.69) is 15.9 Å². The van der Waals surface area contributed by atoms with Crippen molar-refractivity contribution in [2.24, 2.45) is 0 Å². The number of nitrogens with zero attached hydrogens (tertiary/aromatic N) is 1. The van der Waals surface area contributed by atoms with E-state index in [0.717, 1.165) is 10.2 Å². The topological polar surface area (TPSA) is 40.5 Å². The lowest BCUT2D eigenvalue weighted by molar-refractivity contribution is -0.138. The van der Waals surface area contributed by atoms with Crippen molar-refractivity contribution in [3.8, 4) is 0 Å². The third-order valence-electron chi connectivity index (χ3n) is 2.35. The van der Waals surface area contributed by atoms with Gasteiger partial charge in [-0.1, -0.05) is 28.9 Å². The minimum atomic E-state index is -0.792. The van der Waals surface area contributed by atoms with Crippen LogP contribution in [0.5, 0.6) is 0 Å². The summed E-state index contributed by atoms with van der Waals surface area (Å²) in [4.78, 5) is 12.7. The highest BCUT2D eigenvalue weighted by Gasteiger charge is 2.20. The van der Waals surface area contributed by atoms with Gasteiger partial charge in [-0.05, 0) is 24.6 Å². The Kier molecular flexibility index (Phi) is 4.15. The average Bonchev–Trinajstić information content (AvgIpc) is 2.18. The van der Waals surface area contributed by atoms with Gasteiger partial charge < -0.3 is 10.0 Å². The smallest absolute Gasteiger partial charge is 0.326 e. The second-order valence-electron chi connectivity index (χ2n) is 3.35. The largest absolute Gasteiger partial charge is 0.480 e. The van der Waals surface area contributed by atoms with E-state index in [0.29, 0.717) is 6.42 Å². The Labute approximate surface area is 97.8 Å². The summed E-state index contributed by atoms with van der Waals surface area (Å²) in [6.45, 7) is 1.87. The van der Waals surface area contributed by atoms with Gasteiger partial charge in [0.25, 0.3) is 0 Å². The van der Waals surface area contributed by atoms with Crippen molar-refractivity contribution in [1.29, 1.82) is 0 Å². The standard InChI is InChI=1S/C11H14BrNO2/c1-3-10(11(14)15)13(2)9-6-4-5-8(12)7-9/h4-7,10H,3H2,1-2H3,(H,14,15). The van der Waals surface area contributed by atoms with Gasteiger partial charge in [0.15, 0.2) is 0 Å². The fourth-order valence-electron chi connectivity index (χ4n) is 1.49. The van der Waals surface area contributed by atoms with Gasteiger partial charge in [0.2, 0.25) is 0 Å².